The molecule has 0 bridgehead atoms. The van der Waals surface area contributed by atoms with Crippen molar-refractivity contribution < 1.29 is 13.6 Å². The van der Waals surface area contributed by atoms with E-state index in [2.05, 4.69) is 10.4 Å². The fourth-order valence-electron chi connectivity index (χ4n) is 1.38. The Morgan fingerprint density at radius 3 is 2.47 bits per heavy atom. The Kier molecular flexibility index (Phi) is 2.86. The number of aryl methyl sites for hydroxylation is 1. The molecule has 0 atom stereocenters. The maximum atomic E-state index is 13.3. The molecule has 1 heterocycles. The molecule has 0 unspecified atom stereocenters. The number of nitrogens with one attached hydrogen (secondary N) is 1. The van der Waals surface area contributed by atoms with E-state index in [1.807, 2.05) is 0 Å². The molecule has 88 valence electrons. The van der Waals surface area contributed by atoms with Gasteiger partial charge < -0.3 is 5.32 Å². The van der Waals surface area contributed by atoms with Crippen LogP contribution in [0.2, 0.25) is 0 Å². The molecule has 0 aliphatic rings. The number of carbonyl (C=O) groups is 1. The average molecular weight is 237 g/mol. The fraction of sp³-hybridized carbons (Fsp3) is 0.0909. The number of nitrogens with zero attached hydrogens (tertiary/aromatic N) is 2. The van der Waals surface area contributed by atoms with Gasteiger partial charge in [-0.05, 0) is 12.1 Å². The lowest BCUT2D eigenvalue weighted by Gasteiger charge is -2.04. The van der Waals surface area contributed by atoms with E-state index in [0.717, 1.165) is 12.1 Å². The zero-order chi connectivity index (χ0) is 12.4. The highest BCUT2D eigenvalue weighted by Gasteiger charge is 2.17. The van der Waals surface area contributed by atoms with Gasteiger partial charge in [0.15, 0.2) is 5.82 Å². The van der Waals surface area contributed by atoms with Crippen LogP contribution in [0.15, 0.2) is 30.5 Å². The van der Waals surface area contributed by atoms with E-state index in [4.69, 9.17) is 0 Å². The number of carbonyl (C=O) groups excluding carboxylic acids is 1. The molecule has 1 aromatic heterocycles. The van der Waals surface area contributed by atoms with Gasteiger partial charge in [0.1, 0.15) is 17.2 Å². The Hall–Kier alpha value is -2.24. The Morgan fingerprint density at radius 1 is 1.29 bits per heavy atom. The van der Waals surface area contributed by atoms with Gasteiger partial charge in [0, 0.05) is 19.3 Å². The van der Waals surface area contributed by atoms with Gasteiger partial charge in [-0.15, -0.1) is 0 Å². The van der Waals surface area contributed by atoms with Crippen molar-refractivity contribution >= 4 is 11.7 Å². The van der Waals surface area contributed by atoms with Crippen molar-refractivity contribution in [1.82, 2.24) is 9.78 Å². The minimum Gasteiger partial charge on any atom is -0.305 e. The molecule has 0 saturated carbocycles. The maximum Gasteiger partial charge on any atom is 0.262 e. The molecule has 0 radical (unpaired) electrons. The molecule has 1 amide bonds. The number of aromatic nitrogens is 2. The summed E-state index contributed by atoms with van der Waals surface area (Å²) in [5.41, 5.74) is -0.613. The van der Waals surface area contributed by atoms with E-state index in [9.17, 15) is 13.6 Å². The van der Waals surface area contributed by atoms with Crippen molar-refractivity contribution in [3.05, 3.63) is 47.7 Å². The van der Waals surface area contributed by atoms with Gasteiger partial charge in [0.05, 0.1) is 0 Å². The standard InChI is InChI=1S/C11H9F2N3O/c1-16-6-5-9(15-16)14-11(17)10-7(12)3-2-4-8(10)13/h2-6H,1H3,(H,14,15,17). The number of benzene rings is 1. The van der Waals surface area contributed by atoms with Crippen molar-refractivity contribution in [2.45, 2.75) is 0 Å². The monoisotopic (exact) mass is 237 g/mol. The third-order valence-electron chi connectivity index (χ3n) is 2.15. The molecule has 0 aliphatic heterocycles. The molecular formula is C11H9F2N3O. The minimum absolute atomic E-state index is 0.236. The molecule has 2 rings (SSSR count). The van der Waals surface area contributed by atoms with E-state index >= 15 is 0 Å². The summed E-state index contributed by atoms with van der Waals surface area (Å²) < 4.78 is 28.0. The highest BCUT2D eigenvalue weighted by atomic mass is 19.1. The quantitative estimate of drug-likeness (QED) is 0.867. The Morgan fingerprint density at radius 2 is 1.94 bits per heavy atom. The van der Waals surface area contributed by atoms with Gasteiger partial charge in [-0.1, -0.05) is 6.07 Å². The zero-order valence-corrected chi connectivity index (χ0v) is 8.95. The lowest BCUT2D eigenvalue weighted by atomic mass is 10.2. The first-order valence-corrected chi connectivity index (χ1v) is 4.83. The average Bonchev–Trinajstić information content (AvgIpc) is 2.63. The summed E-state index contributed by atoms with van der Waals surface area (Å²) in [6.45, 7) is 0. The SMILES string of the molecule is Cn1ccc(NC(=O)c2c(F)cccc2F)n1. The van der Waals surface area contributed by atoms with E-state index < -0.39 is 23.1 Å². The summed E-state index contributed by atoms with van der Waals surface area (Å²) in [6, 6.07) is 4.77. The van der Waals surface area contributed by atoms with Gasteiger partial charge in [-0.25, -0.2) is 8.78 Å². The molecule has 6 heteroatoms. The number of halogens is 2. The molecule has 0 aliphatic carbocycles. The molecule has 17 heavy (non-hydrogen) atoms. The smallest absolute Gasteiger partial charge is 0.262 e. The first-order chi connectivity index (χ1) is 8.08. The molecule has 0 fully saturated rings. The number of rotatable bonds is 2. The second kappa shape index (κ2) is 4.32. The van der Waals surface area contributed by atoms with Crippen LogP contribution in [0.4, 0.5) is 14.6 Å². The summed E-state index contributed by atoms with van der Waals surface area (Å²) in [6.07, 6.45) is 1.60. The van der Waals surface area contributed by atoms with Gasteiger partial charge in [-0.3, -0.25) is 9.48 Å². The number of hydrogen-bond acceptors (Lipinski definition) is 2. The largest absolute Gasteiger partial charge is 0.305 e. The van der Waals surface area contributed by atoms with Crippen LogP contribution in [0.3, 0.4) is 0 Å². The second-order valence-corrected chi connectivity index (χ2v) is 3.43. The molecule has 0 spiro atoms. The van der Waals surface area contributed by atoms with Crippen LogP contribution in [-0.2, 0) is 7.05 Å². The highest BCUT2D eigenvalue weighted by molar-refractivity contribution is 6.04. The topological polar surface area (TPSA) is 46.9 Å². The van der Waals surface area contributed by atoms with Crippen molar-refractivity contribution in [1.29, 1.82) is 0 Å². The normalized spacial score (nSPS) is 10.3. The van der Waals surface area contributed by atoms with Crippen LogP contribution in [0.5, 0.6) is 0 Å². The first kappa shape index (κ1) is 11.3. The summed E-state index contributed by atoms with van der Waals surface area (Å²) in [5, 5.41) is 6.19. The Balaban J connectivity index is 2.26. The number of hydrogen-bond donors (Lipinski definition) is 1. The van der Waals surface area contributed by atoms with Crippen LogP contribution in [0.25, 0.3) is 0 Å². The lowest BCUT2D eigenvalue weighted by molar-refractivity contribution is 0.101. The van der Waals surface area contributed by atoms with Crippen molar-refractivity contribution in [2.24, 2.45) is 7.05 Å². The van der Waals surface area contributed by atoms with Crippen molar-refractivity contribution in [3.63, 3.8) is 0 Å². The number of anilines is 1. The molecule has 1 aromatic carbocycles. The van der Waals surface area contributed by atoms with Crippen LogP contribution in [-0.4, -0.2) is 15.7 Å². The number of amides is 1. The Bertz CT molecular complexity index is 545. The predicted molar refractivity (Wildman–Crippen MR) is 57.5 cm³/mol. The maximum absolute atomic E-state index is 13.3. The van der Waals surface area contributed by atoms with Gasteiger partial charge in [0.25, 0.3) is 5.91 Å². The van der Waals surface area contributed by atoms with E-state index in [1.165, 1.54) is 16.8 Å². The minimum atomic E-state index is -0.904. The van der Waals surface area contributed by atoms with Crippen LogP contribution < -0.4 is 5.32 Å². The Labute approximate surface area is 95.9 Å². The fourth-order valence-corrected chi connectivity index (χ4v) is 1.38. The highest BCUT2D eigenvalue weighted by Crippen LogP contribution is 2.14. The third-order valence-corrected chi connectivity index (χ3v) is 2.15. The van der Waals surface area contributed by atoms with E-state index in [-0.39, 0.29) is 5.82 Å². The van der Waals surface area contributed by atoms with E-state index in [0.29, 0.717) is 0 Å². The van der Waals surface area contributed by atoms with Crippen molar-refractivity contribution in [3.8, 4) is 0 Å². The molecule has 4 nitrogen and oxygen atoms in total. The summed E-state index contributed by atoms with van der Waals surface area (Å²) in [5.74, 6) is -2.43. The van der Waals surface area contributed by atoms with Crippen LogP contribution in [0, 0.1) is 11.6 Å². The molecule has 1 N–H and O–H groups in total. The van der Waals surface area contributed by atoms with Crippen LogP contribution in [0.1, 0.15) is 10.4 Å². The predicted octanol–water partition coefficient (Wildman–Crippen LogP) is 1.95. The lowest BCUT2D eigenvalue weighted by Crippen LogP contribution is -2.16. The molecular weight excluding hydrogens is 228 g/mol. The summed E-state index contributed by atoms with van der Waals surface area (Å²) >= 11 is 0. The zero-order valence-electron chi connectivity index (χ0n) is 8.95. The van der Waals surface area contributed by atoms with Gasteiger partial charge in [0.2, 0.25) is 0 Å². The van der Waals surface area contributed by atoms with Gasteiger partial charge >= 0.3 is 0 Å². The van der Waals surface area contributed by atoms with Crippen LogP contribution >= 0.6 is 0 Å². The van der Waals surface area contributed by atoms with E-state index in [1.54, 1.807) is 13.2 Å². The second-order valence-electron chi connectivity index (χ2n) is 3.43. The van der Waals surface area contributed by atoms with Gasteiger partial charge in [-0.2, -0.15) is 5.10 Å². The third kappa shape index (κ3) is 2.30. The summed E-state index contributed by atoms with van der Waals surface area (Å²) in [4.78, 5) is 11.6. The first-order valence-electron chi connectivity index (χ1n) is 4.83. The molecule has 0 saturated heterocycles. The summed E-state index contributed by atoms with van der Waals surface area (Å²) in [7, 11) is 1.67. The molecule has 2 aromatic rings. The van der Waals surface area contributed by atoms with Crippen molar-refractivity contribution in [2.75, 3.05) is 5.32 Å².